The van der Waals surface area contributed by atoms with Crippen LogP contribution in [0, 0.1) is 5.92 Å². The molecule has 0 bridgehead atoms. The standard InChI is InChI=1S/C9H17NO4S/c1-7(4-14-2)3-10-8(11)5-15-6-9(12)13/h7H,3-6H2,1-2H3,(H,10,11)(H,12,13). The summed E-state index contributed by atoms with van der Waals surface area (Å²) in [5.41, 5.74) is 0. The summed E-state index contributed by atoms with van der Waals surface area (Å²) in [4.78, 5) is 21.3. The van der Waals surface area contributed by atoms with E-state index in [1.54, 1.807) is 7.11 Å². The SMILES string of the molecule is COCC(C)CNC(=O)CSCC(=O)O. The fraction of sp³-hybridized carbons (Fsp3) is 0.778. The van der Waals surface area contributed by atoms with Gasteiger partial charge in [0.05, 0.1) is 18.1 Å². The van der Waals surface area contributed by atoms with Crippen LogP contribution in [0.4, 0.5) is 0 Å². The van der Waals surface area contributed by atoms with Crippen molar-refractivity contribution in [1.29, 1.82) is 0 Å². The molecule has 1 atom stereocenters. The van der Waals surface area contributed by atoms with E-state index in [-0.39, 0.29) is 23.3 Å². The van der Waals surface area contributed by atoms with Crippen molar-refractivity contribution < 1.29 is 19.4 Å². The number of carboxylic acid groups (broad SMARTS) is 1. The van der Waals surface area contributed by atoms with Gasteiger partial charge in [0, 0.05) is 13.7 Å². The van der Waals surface area contributed by atoms with Crippen LogP contribution in [0.25, 0.3) is 0 Å². The number of ether oxygens (including phenoxy) is 1. The van der Waals surface area contributed by atoms with E-state index in [9.17, 15) is 9.59 Å². The third-order valence-electron chi connectivity index (χ3n) is 1.56. The molecule has 15 heavy (non-hydrogen) atoms. The Labute approximate surface area is 93.6 Å². The monoisotopic (exact) mass is 235 g/mol. The molecule has 1 unspecified atom stereocenters. The van der Waals surface area contributed by atoms with Gasteiger partial charge in [0.15, 0.2) is 0 Å². The number of carbonyl (C=O) groups excluding carboxylic acids is 1. The number of carboxylic acids is 1. The summed E-state index contributed by atoms with van der Waals surface area (Å²) in [5, 5.41) is 11.1. The molecule has 6 heteroatoms. The maximum Gasteiger partial charge on any atom is 0.313 e. The lowest BCUT2D eigenvalue weighted by Gasteiger charge is -2.10. The minimum Gasteiger partial charge on any atom is -0.481 e. The van der Waals surface area contributed by atoms with Crippen LogP contribution in [0.15, 0.2) is 0 Å². The van der Waals surface area contributed by atoms with Gasteiger partial charge in [-0.05, 0) is 5.92 Å². The Morgan fingerprint density at radius 2 is 2.13 bits per heavy atom. The number of nitrogens with one attached hydrogen (secondary N) is 1. The fourth-order valence-corrected chi connectivity index (χ4v) is 1.48. The molecule has 0 fully saturated rings. The van der Waals surface area contributed by atoms with Crippen LogP contribution in [0.5, 0.6) is 0 Å². The van der Waals surface area contributed by atoms with Crippen LogP contribution in [-0.2, 0) is 14.3 Å². The van der Waals surface area contributed by atoms with Gasteiger partial charge in [-0.3, -0.25) is 9.59 Å². The van der Waals surface area contributed by atoms with E-state index in [4.69, 9.17) is 9.84 Å². The fourth-order valence-electron chi connectivity index (χ4n) is 0.914. The Kier molecular flexibility index (Phi) is 8.12. The van der Waals surface area contributed by atoms with Crippen molar-refractivity contribution in [3.8, 4) is 0 Å². The van der Waals surface area contributed by atoms with Crippen LogP contribution in [0.1, 0.15) is 6.92 Å². The lowest BCUT2D eigenvalue weighted by atomic mass is 10.2. The molecule has 0 spiro atoms. The third kappa shape index (κ3) is 9.55. The smallest absolute Gasteiger partial charge is 0.313 e. The minimum absolute atomic E-state index is 0.0406. The number of hydrogen-bond donors (Lipinski definition) is 2. The summed E-state index contributed by atoms with van der Waals surface area (Å²) in [6.45, 7) is 3.12. The summed E-state index contributed by atoms with van der Waals surface area (Å²) < 4.78 is 4.91. The maximum atomic E-state index is 11.2. The summed E-state index contributed by atoms with van der Waals surface area (Å²) in [6, 6.07) is 0. The summed E-state index contributed by atoms with van der Waals surface area (Å²) >= 11 is 1.09. The second-order valence-electron chi connectivity index (χ2n) is 3.25. The van der Waals surface area contributed by atoms with E-state index in [1.165, 1.54) is 0 Å². The second-order valence-corrected chi connectivity index (χ2v) is 4.24. The molecule has 0 aliphatic rings. The highest BCUT2D eigenvalue weighted by atomic mass is 32.2. The molecule has 88 valence electrons. The number of hydrogen-bond acceptors (Lipinski definition) is 4. The maximum absolute atomic E-state index is 11.2. The molecule has 0 aromatic heterocycles. The lowest BCUT2D eigenvalue weighted by molar-refractivity contribution is -0.133. The molecule has 0 aromatic carbocycles. The van der Waals surface area contributed by atoms with Crippen LogP contribution < -0.4 is 5.32 Å². The van der Waals surface area contributed by atoms with E-state index in [0.717, 1.165) is 11.8 Å². The van der Waals surface area contributed by atoms with Gasteiger partial charge in [0.25, 0.3) is 0 Å². The normalized spacial score (nSPS) is 12.1. The largest absolute Gasteiger partial charge is 0.481 e. The van der Waals surface area contributed by atoms with E-state index >= 15 is 0 Å². The topological polar surface area (TPSA) is 75.6 Å². The molecule has 0 radical (unpaired) electrons. The van der Waals surface area contributed by atoms with Gasteiger partial charge in [-0.25, -0.2) is 0 Å². The van der Waals surface area contributed by atoms with Crippen molar-refractivity contribution in [1.82, 2.24) is 5.32 Å². The van der Waals surface area contributed by atoms with Crippen molar-refractivity contribution >= 4 is 23.6 Å². The number of methoxy groups -OCH3 is 1. The van der Waals surface area contributed by atoms with Crippen LogP contribution in [0.2, 0.25) is 0 Å². The van der Waals surface area contributed by atoms with Gasteiger partial charge in [0.2, 0.25) is 5.91 Å². The zero-order chi connectivity index (χ0) is 11.7. The first-order valence-electron chi connectivity index (χ1n) is 4.61. The quantitative estimate of drug-likeness (QED) is 0.628. The van der Waals surface area contributed by atoms with E-state index < -0.39 is 5.97 Å². The molecular weight excluding hydrogens is 218 g/mol. The van der Waals surface area contributed by atoms with Crippen molar-refractivity contribution in [3.05, 3.63) is 0 Å². The van der Waals surface area contributed by atoms with Gasteiger partial charge in [0.1, 0.15) is 0 Å². The van der Waals surface area contributed by atoms with E-state index in [1.807, 2.05) is 6.92 Å². The average Bonchev–Trinajstić information content (AvgIpc) is 2.14. The zero-order valence-corrected chi connectivity index (χ0v) is 9.80. The number of aliphatic carboxylic acids is 1. The van der Waals surface area contributed by atoms with Crippen molar-refractivity contribution in [2.24, 2.45) is 5.92 Å². The Bertz CT molecular complexity index is 210. The first-order chi connectivity index (χ1) is 7.06. The Balaban J connectivity index is 3.44. The minimum atomic E-state index is -0.902. The van der Waals surface area contributed by atoms with E-state index in [2.05, 4.69) is 5.32 Å². The molecule has 1 amide bonds. The first kappa shape index (κ1) is 14.2. The predicted octanol–water partition coefficient (Wildman–Crippen LogP) is 0.203. The molecule has 0 heterocycles. The van der Waals surface area contributed by atoms with Gasteiger partial charge in [-0.2, -0.15) is 0 Å². The van der Waals surface area contributed by atoms with Gasteiger partial charge < -0.3 is 15.2 Å². The van der Waals surface area contributed by atoms with Gasteiger partial charge >= 0.3 is 5.97 Å². The highest BCUT2D eigenvalue weighted by Crippen LogP contribution is 1.99. The molecule has 0 saturated heterocycles. The summed E-state index contributed by atoms with van der Waals surface area (Å²) in [7, 11) is 1.61. The number of rotatable bonds is 8. The highest BCUT2D eigenvalue weighted by molar-refractivity contribution is 8.00. The molecule has 0 aliphatic carbocycles. The molecule has 0 rings (SSSR count). The highest BCUT2D eigenvalue weighted by Gasteiger charge is 2.06. The van der Waals surface area contributed by atoms with Gasteiger partial charge in [-0.1, -0.05) is 6.92 Å². The van der Waals surface area contributed by atoms with Crippen molar-refractivity contribution in [2.45, 2.75) is 6.92 Å². The second kappa shape index (κ2) is 8.55. The number of amides is 1. The van der Waals surface area contributed by atoms with Crippen molar-refractivity contribution in [2.75, 3.05) is 31.8 Å². The van der Waals surface area contributed by atoms with Crippen LogP contribution >= 0.6 is 11.8 Å². The zero-order valence-electron chi connectivity index (χ0n) is 8.99. The Morgan fingerprint density at radius 3 is 2.67 bits per heavy atom. The summed E-state index contributed by atoms with van der Waals surface area (Å²) in [6.07, 6.45) is 0. The number of carbonyl (C=O) groups is 2. The third-order valence-corrected chi connectivity index (χ3v) is 2.47. The van der Waals surface area contributed by atoms with E-state index in [0.29, 0.717) is 13.2 Å². The molecule has 5 nitrogen and oxygen atoms in total. The average molecular weight is 235 g/mol. The Morgan fingerprint density at radius 1 is 1.47 bits per heavy atom. The first-order valence-corrected chi connectivity index (χ1v) is 5.77. The lowest BCUT2D eigenvalue weighted by Crippen LogP contribution is -2.31. The molecule has 2 N–H and O–H groups in total. The van der Waals surface area contributed by atoms with Gasteiger partial charge in [-0.15, -0.1) is 11.8 Å². The van der Waals surface area contributed by atoms with Crippen LogP contribution in [0.3, 0.4) is 0 Å². The van der Waals surface area contributed by atoms with Crippen LogP contribution in [-0.4, -0.2) is 48.8 Å². The summed E-state index contributed by atoms with van der Waals surface area (Å²) in [5.74, 6) is -0.624. The molecule has 0 aromatic rings. The molecular formula is C9H17NO4S. The van der Waals surface area contributed by atoms with Crippen molar-refractivity contribution in [3.63, 3.8) is 0 Å². The predicted molar refractivity (Wildman–Crippen MR) is 59.0 cm³/mol. The molecule has 0 aliphatic heterocycles. The Hall–Kier alpha value is -0.750. The number of thioether (sulfide) groups is 1. The molecule has 0 saturated carbocycles.